The molecule has 0 N–H and O–H groups in total. The van der Waals surface area contributed by atoms with Crippen molar-refractivity contribution in [3.63, 3.8) is 0 Å². The van der Waals surface area contributed by atoms with Crippen LogP contribution in [0.1, 0.15) is 42.1 Å². The topological polar surface area (TPSA) is 90.4 Å². The highest BCUT2D eigenvalue weighted by Gasteiger charge is 2.24. The maximum absolute atomic E-state index is 12.7. The number of nitro groups is 1. The number of rotatable bonds is 7. The summed E-state index contributed by atoms with van der Waals surface area (Å²) in [6, 6.07) is 13.9. The number of non-ortho nitro benzene ring substituents is 1. The van der Waals surface area contributed by atoms with Crippen molar-refractivity contribution in [2.45, 2.75) is 31.7 Å². The lowest BCUT2D eigenvalue weighted by molar-refractivity contribution is -0.384. The Kier molecular flexibility index (Phi) is 5.99. The molecule has 3 aromatic rings. The highest BCUT2D eigenvalue weighted by atomic mass is 16.6. The summed E-state index contributed by atoms with van der Waals surface area (Å²) in [5.41, 5.74) is 2.49. The molecule has 0 saturated carbocycles. The number of para-hydroxylation sites is 2. The van der Waals surface area contributed by atoms with Gasteiger partial charge in [0.2, 0.25) is 0 Å². The van der Waals surface area contributed by atoms with E-state index >= 15 is 0 Å². The van der Waals surface area contributed by atoms with Crippen LogP contribution in [0, 0.1) is 10.1 Å². The minimum absolute atomic E-state index is 0.00657. The zero-order valence-corrected chi connectivity index (χ0v) is 17.6. The molecule has 1 aliphatic rings. The van der Waals surface area contributed by atoms with Gasteiger partial charge in [-0.15, -0.1) is 0 Å². The molecule has 4 rings (SSSR count). The smallest absolute Gasteiger partial charge is 0.303 e. The summed E-state index contributed by atoms with van der Waals surface area (Å²) in [5.74, 6) is 0.00657. The number of imidazole rings is 1. The van der Waals surface area contributed by atoms with Crippen LogP contribution >= 0.6 is 0 Å². The number of Topliss-reactive ketones (excluding diaryl/α,β-unsaturated/α-hetero) is 1. The molecule has 0 radical (unpaired) electrons. The van der Waals surface area contributed by atoms with Crippen LogP contribution in [-0.4, -0.2) is 44.4 Å². The third-order valence-corrected chi connectivity index (χ3v) is 6.20. The first-order chi connectivity index (χ1) is 15.0. The first-order valence-electron chi connectivity index (χ1n) is 10.6. The molecule has 31 heavy (non-hydrogen) atoms. The largest absolute Gasteiger partial charge is 0.329 e. The number of nitro benzene ring substituents is 1. The zero-order chi connectivity index (χ0) is 22.0. The molecule has 1 fully saturated rings. The van der Waals surface area contributed by atoms with E-state index in [0.29, 0.717) is 12.0 Å². The molecule has 8 nitrogen and oxygen atoms in total. The molecule has 0 bridgehead atoms. The number of benzene rings is 2. The van der Waals surface area contributed by atoms with E-state index in [9.17, 15) is 19.7 Å². The lowest BCUT2D eigenvalue weighted by Gasteiger charge is -2.32. The van der Waals surface area contributed by atoms with Crippen LogP contribution in [0.3, 0.4) is 0 Å². The predicted molar refractivity (Wildman–Crippen MR) is 119 cm³/mol. The number of fused-ring (bicyclic) bond motifs is 1. The van der Waals surface area contributed by atoms with E-state index in [0.717, 1.165) is 49.9 Å². The number of ketones is 1. The number of piperidine rings is 1. The van der Waals surface area contributed by atoms with Gasteiger partial charge in [-0.2, -0.15) is 0 Å². The lowest BCUT2D eigenvalue weighted by atomic mass is 10.0. The number of likely N-dealkylation sites (tertiary alicyclic amines) is 1. The number of nitrogens with zero attached hydrogens (tertiary/aromatic N) is 4. The Balaban J connectivity index is 1.29. The van der Waals surface area contributed by atoms with Gasteiger partial charge in [0.1, 0.15) is 0 Å². The van der Waals surface area contributed by atoms with E-state index in [4.69, 9.17) is 0 Å². The van der Waals surface area contributed by atoms with Gasteiger partial charge in [-0.05, 0) is 50.1 Å². The van der Waals surface area contributed by atoms with Crippen molar-refractivity contribution in [2.24, 2.45) is 7.05 Å². The molecule has 1 aliphatic heterocycles. The van der Waals surface area contributed by atoms with E-state index in [1.165, 1.54) is 24.3 Å². The van der Waals surface area contributed by atoms with Gasteiger partial charge in [-0.1, -0.05) is 12.1 Å². The summed E-state index contributed by atoms with van der Waals surface area (Å²) in [4.78, 5) is 37.7. The predicted octanol–water partition coefficient (Wildman–Crippen LogP) is 3.55. The van der Waals surface area contributed by atoms with Crippen LogP contribution in [0.4, 0.5) is 5.69 Å². The van der Waals surface area contributed by atoms with Crippen molar-refractivity contribution in [1.29, 1.82) is 0 Å². The maximum Gasteiger partial charge on any atom is 0.329 e. The Morgan fingerprint density at radius 1 is 1.06 bits per heavy atom. The molecule has 2 heterocycles. The van der Waals surface area contributed by atoms with Crippen molar-refractivity contribution in [3.8, 4) is 0 Å². The first kappa shape index (κ1) is 21.0. The van der Waals surface area contributed by atoms with Gasteiger partial charge < -0.3 is 4.90 Å². The summed E-state index contributed by atoms with van der Waals surface area (Å²) in [6.07, 6.45) is 2.98. The summed E-state index contributed by atoms with van der Waals surface area (Å²) < 4.78 is 3.65. The Labute approximate surface area is 179 Å². The fraction of sp³-hybridized carbons (Fsp3) is 0.391. The molecular formula is C23H26N4O4. The van der Waals surface area contributed by atoms with E-state index in [2.05, 4.69) is 4.90 Å². The third kappa shape index (κ3) is 4.29. The SMILES string of the molecule is Cn1c(=O)n(C2CCN(CCCC(=O)c3ccc([N+](=O)[O-])cc3)CC2)c2ccccc21. The van der Waals surface area contributed by atoms with Gasteiger partial charge in [0.25, 0.3) is 5.69 Å². The molecule has 0 amide bonds. The normalized spacial score (nSPS) is 15.4. The van der Waals surface area contributed by atoms with E-state index in [1.807, 2.05) is 35.9 Å². The number of carbonyl (C=O) groups excluding carboxylic acids is 1. The van der Waals surface area contributed by atoms with Crippen LogP contribution in [0.15, 0.2) is 53.3 Å². The molecular weight excluding hydrogens is 396 g/mol. The Morgan fingerprint density at radius 2 is 1.71 bits per heavy atom. The van der Waals surface area contributed by atoms with Gasteiger partial charge in [-0.3, -0.25) is 24.0 Å². The Hall–Kier alpha value is -3.26. The fourth-order valence-electron chi connectivity index (χ4n) is 4.45. The van der Waals surface area contributed by atoms with E-state index in [-0.39, 0.29) is 23.2 Å². The highest BCUT2D eigenvalue weighted by molar-refractivity contribution is 5.96. The quantitative estimate of drug-likeness (QED) is 0.330. The van der Waals surface area contributed by atoms with Crippen LogP contribution in [-0.2, 0) is 7.05 Å². The molecule has 162 valence electrons. The summed E-state index contributed by atoms with van der Waals surface area (Å²) in [7, 11) is 1.82. The van der Waals surface area contributed by atoms with Gasteiger partial charge in [-0.25, -0.2) is 4.79 Å². The summed E-state index contributed by atoms with van der Waals surface area (Å²) >= 11 is 0. The van der Waals surface area contributed by atoms with Gasteiger partial charge in [0.05, 0.1) is 16.0 Å². The van der Waals surface area contributed by atoms with Gasteiger partial charge >= 0.3 is 5.69 Å². The summed E-state index contributed by atoms with van der Waals surface area (Å²) in [5, 5.41) is 10.7. The zero-order valence-electron chi connectivity index (χ0n) is 17.6. The molecule has 8 heteroatoms. The fourth-order valence-corrected chi connectivity index (χ4v) is 4.45. The molecule has 2 aromatic carbocycles. The van der Waals surface area contributed by atoms with Gasteiger partial charge in [0, 0.05) is 50.3 Å². The minimum atomic E-state index is -0.468. The van der Waals surface area contributed by atoms with Crippen molar-refractivity contribution in [2.75, 3.05) is 19.6 Å². The standard InChI is InChI=1S/C23H26N4O4/c1-24-20-5-2-3-6-21(20)26(23(24)29)18-12-15-25(16-13-18)14-4-7-22(28)17-8-10-19(11-9-17)27(30)31/h2-3,5-6,8-11,18H,4,7,12-16H2,1H3. The monoisotopic (exact) mass is 422 g/mol. The highest BCUT2D eigenvalue weighted by Crippen LogP contribution is 2.25. The van der Waals surface area contributed by atoms with Crippen LogP contribution in [0.2, 0.25) is 0 Å². The first-order valence-corrected chi connectivity index (χ1v) is 10.6. The molecule has 0 unspecified atom stereocenters. The van der Waals surface area contributed by atoms with E-state index in [1.54, 1.807) is 4.57 Å². The molecule has 0 spiro atoms. The van der Waals surface area contributed by atoms with Gasteiger partial charge in [0.15, 0.2) is 5.78 Å². The molecule has 0 atom stereocenters. The number of aromatic nitrogens is 2. The van der Waals surface area contributed by atoms with Crippen molar-refractivity contribution < 1.29 is 9.72 Å². The number of hydrogen-bond acceptors (Lipinski definition) is 5. The second-order valence-corrected chi connectivity index (χ2v) is 8.10. The Morgan fingerprint density at radius 3 is 2.35 bits per heavy atom. The second-order valence-electron chi connectivity index (χ2n) is 8.10. The minimum Gasteiger partial charge on any atom is -0.303 e. The van der Waals surface area contributed by atoms with Crippen LogP contribution in [0.25, 0.3) is 11.0 Å². The Bertz CT molecular complexity index is 1150. The van der Waals surface area contributed by atoms with Crippen molar-refractivity contribution in [1.82, 2.24) is 14.0 Å². The average Bonchev–Trinajstić information content (AvgIpc) is 3.04. The summed E-state index contributed by atoms with van der Waals surface area (Å²) in [6.45, 7) is 2.62. The second kappa shape index (κ2) is 8.85. The number of carbonyl (C=O) groups is 1. The number of aryl methyl sites for hydroxylation is 1. The molecule has 1 saturated heterocycles. The lowest BCUT2D eigenvalue weighted by Crippen LogP contribution is -2.38. The maximum atomic E-state index is 12.7. The van der Waals surface area contributed by atoms with Crippen molar-refractivity contribution in [3.05, 3.63) is 74.7 Å². The molecule has 0 aliphatic carbocycles. The van der Waals surface area contributed by atoms with Crippen LogP contribution in [0.5, 0.6) is 0 Å². The number of hydrogen-bond donors (Lipinski definition) is 0. The average molecular weight is 422 g/mol. The van der Waals surface area contributed by atoms with Crippen LogP contribution < -0.4 is 5.69 Å². The van der Waals surface area contributed by atoms with Crippen molar-refractivity contribution >= 4 is 22.5 Å². The molecule has 1 aromatic heterocycles. The third-order valence-electron chi connectivity index (χ3n) is 6.20. The van der Waals surface area contributed by atoms with E-state index < -0.39 is 4.92 Å².